The zero-order valence-electron chi connectivity index (χ0n) is 11.6. The zero-order chi connectivity index (χ0) is 13.7. The molecule has 2 aromatic rings. The summed E-state index contributed by atoms with van der Waals surface area (Å²) in [4.78, 5) is 15.4. The van der Waals surface area contributed by atoms with E-state index in [1.165, 1.54) is 6.33 Å². The Morgan fingerprint density at radius 2 is 2.00 bits per heavy atom. The summed E-state index contributed by atoms with van der Waals surface area (Å²) in [5, 5.41) is 6.88. The highest BCUT2D eigenvalue weighted by Crippen LogP contribution is 2.09. The predicted octanol–water partition coefficient (Wildman–Crippen LogP) is 1.13. The van der Waals surface area contributed by atoms with Gasteiger partial charge < -0.3 is 11.1 Å². The predicted molar refractivity (Wildman–Crippen MR) is 85.6 cm³/mol. The van der Waals surface area contributed by atoms with Crippen LogP contribution in [0, 0.1) is 0 Å². The minimum absolute atomic E-state index is 0. The normalized spacial score (nSPS) is 11.0. The second-order valence-electron chi connectivity index (χ2n) is 4.37. The largest absolute Gasteiger partial charge is 0.351 e. The maximum atomic E-state index is 11.5. The molecule has 6 nitrogen and oxygen atoms in total. The van der Waals surface area contributed by atoms with E-state index >= 15 is 0 Å². The van der Waals surface area contributed by atoms with Crippen LogP contribution in [0.2, 0.25) is 0 Å². The summed E-state index contributed by atoms with van der Waals surface area (Å²) in [6.45, 7) is 2.76. The lowest BCUT2D eigenvalue weighted by Crippen LogP contribution is -2.38. The number of benzene rings is 1. The van der Waals surface area contributed by atoms with Crippen LogP contribution in [-0.2, 0) is 17.9 Å². The molecule has 0 saturated heterocycles. The fraction of sp³-hybridized carbons (Fsp3) is 0.308. The summed E-state index contributed by atoms with van der Waals surface area (Å²) in [5.41, 5.74) is 7.66. The lowest BCUT2D eigenvalue weighted by Gasteiger charge is -2.11. The van der Waals surface area contributed by atoms with E-state index in [0.29, 0.717) is 13.1 Å². The number of aromatic nitrogens is 3. The van der Waals surface area contributed by atoms with E-state index in [1.807, 2.05) is 24.3 Å². The first-order valence-corrected chi connectivity index (χ1v) is 6.09. The summed E-state index contributed by atoms with van der Waals surface area (Å²) in [5.74, 6) is -0.157. The summed E-state index contributed by atoms with van der Waals surface area (Å²) in [6, 6.07) is 7.40. The van der Waals surface area contributed by atoms with Crippen molar-refractivity contribution in [3.63, 3.8) is 0 Å². The van der Waals surface area contributed by atoms with Crippen LogP contribution in [0.1, 0.15) is 18.1 Å². The Balaban J connectivity index is 0.00000200. The van der Waals surface area contributed by atoms with Crippen LogP contribution in [0.15, 0.2) is 36.9 Å². The van der Waals surface area contributed by atoms with Crippen molar-refractivity contribution < 1.29 is 4.79 Å². The molecule has 1 amide bonds. The number of rotatable bonds is 5. The van der Waals surface area contributed by atoms with Gasteiger partial charge in [0.05, 0.1) is 12.6 Å². The number of halogens is 2. The van der Waals surface area contributed by atoms with Crippen LogP contribution >= 0.6 is 24.8 Å². The zero-order valence-corrected chi connectivity index (χ0v) is 13.2. The molecule has 0 aliphatic carbocycles. The maximum Gasteiger partial charge on any atom is 0.236 e. The molecule has 0 radical (unpaired) electrons. The van der Waals surface area contributed by atoms with Gasteiger partial charge in [-0.2, -0.15) is 5.10 Å². The molecular weight excluding hydrogens is 313 g/mol. The van der Waals surface area contributed by atoms with Crippen LogP contribution in [0.3, 0.4) is 0 Å². The number of nitrogens with zero attached hydrogens (tertiary/aromatic N) is 3. The molecule has 116 valence electrons. The summed E-state index contributed by atoms with van der Waals surface area (Å²) in [6.07, 6.45) is 3.16. The molecule has 0 unspecified atom stereocenters. The molecule has 0 aliphatic heterocycles. The number of nitrogens with one attached hydrogen (secondary N) is 1. The molecule has 8 heteroatoms. The highest BCUT2D eigenvalue weighted by atomic mass is 35.5. The van der Waals surface area contributed by atoms with Crippen LogP contribution in [0.4, 0.5) is 0 Å². The fourth-order valence-electron chi connectivity index (χ4n) is 1.72. The molecule has 1 heterocycles. The molecule has 0 spiro atoms. The number of carbonyl (C=O) groups excluding carboxylic acids is 1. The number of carbonyl (C=O) groups is 1. The number of hydrogen-bond acceptors (Lipinski definition) is 4. The van der Waals surface area contributed by atoms with E-state index in [0.717, 1.165) is 11.1 Å². The van der Waals surface area contributed by atoms with E-state index in [4.69, 9.17) is 5.73 Å². The molecule has 2 rings (SSSR count). The van der Waals surface area contributed by atoms with Crippen LogP contribution in [0.25, 0.3) is 0 Å². The van der Waals surface area contributed by atoms with Crippen molar-refractivity contribution in [1.29, 1.82) is 0 Å². The van der Waals surface area contributed by atoms with E-state index in [9.17, 15) is 4.79 Å². The van der Waals surface area contributed by atoms with Gasteiger partial charge in [-0.05, 0) is 18.1 Å². The molecule has 0 aliphatic rings. The van der Waals surface area contributed by atoms with Gasteiger partial charge in [0, 0.05) is 6.54 Å². The highest BCUT2D eigenvalue weighted by molar-refractivity contribution is 5.85. The minimum atomic E-state index is -0.498. The van der Waals surface area contributed by atoms with Gasteiger partial charge in [0.1, 0.15) is 12.7 Å². The van der Waals surface area contributed by atoms with Gasteiger partial charge in [-0.25, -0.2) is 9.67 Å². The van der Waals surface area contributed by atoms with E-state index in [-0.39, 0.29) is 30.7 Å². The number of nitrogens with two attached hydrogens (primary N) is 1. The number of hydrogen-bond donors (Lipinski definition) is 2. The fourth-order valence-corrected chi connectivity index (χ4v) is 1.72. The van der Waals surface area contributed by atoms with E-state index < -0.39 is 6.04 Å². The SMILES string of the molecule is C[C@H](N)C(=O)NCc1ccccc1Cn1cncn1.Cl.Cl. The van der Waals surface area contributed by atoms with Gasteiger partial charge in [0.2, 0.25) is 5.91 Å². The van der Waals surface area contributed by atoms with Crippen molar-refractivity contribution in [2.24, 2.45) is 5.73 Å². The van der Waals surface area contributed by atoms with Gasteiger partial charge in [-0.15, -0.1) is 24.8 Å². The lowest BCUT2D eigenvalue weighted by molar-refractivity contribution is -0.122. The molecule has 0 fully saturated rings. The van der Waals surface area contributed by atoms with Crippen molar-refractivity contribution in [3.8, 4) is 0 Å². The summed E-state index contributed by atoms with van der Waals surface area (Å²) in [7, 11) is 0. The summed E-state index contributed by atoms with van der Waals surface area (Å²) < 4.78 is 1.74. The topological polar surface area (TPSA) is 85.8 Å². The van der Waals surface area contributed by atoms with Crippen molar-refractivity contribution in [1.82, 2.24) is 20.1 Å². The molecule has 1 atom stereocenters. The molecule has 0 bridgehead atoms. The average Bonchev–Trinajstić information content (AvgIpc) is 2.90. The molecule has 1 aromatic heterocycles. The van der Waals surface area contributed by atoms with Crippen molar-refractivity contribution in [2.45, 2.75) is 26.1 Å². The van der Waals surface area contributed by atoms with Gasteiger partial charge in [0.15, 0.2) is 0 Å². The number of amides is 1. The first-order chi connectivity index (χ1) is 9.16. The Hall–Kier alpha value is -1.63. The third kappa shape index (κ3) is 5.71. The Labute approximate surface area is 135 Å². The molecule has 0 saturated carbocycles. The van der Waals surface area contributed by atoms with Gasteiger partial charge in [0.25, 0.3) is 0 Å². The lowest BCUT2D eigenvalue weighted by atomic mass is 10.1. The Morgan fingerprint density at radius 1 is 1.33 bits per heavy atom. The van der Waals surface area contributed by atoms with Gasteiger partial charge in [-0.1, -0.05) is 24.3 Å². The van der Waals surface area contributed by atoms with Gasteiger partial charge in [-0.3, -0.25) is 4.79 Å². The minimum Gasteiger partial charge on any atom is -0.351 e. The van der Waals surface area contributed by atoms with Gasteiger partial charge >= 0.3 is 0 Å². The Kier molecular flexibility index (Phi) is 8.61. The van der Waals surface area contributed by atoms with E-state index in [2.05, 4.69) is 15.4 Å². The first kappa shape index (κ1) is 19.4. The van der Waals surface area contributed by atoms with E-state index in [1.54, 1.807) is 17.9 Å². The molecule has 3 N–H and O–H groups in total. The van der Waals surface area contributed by atoms with Crippen molar-refractivity contribution >= 4 is 30.7 Å². The van der Waals surface area contributed by atoms with Crippen LogP contribution in [0.5, 0.6) is 0 Å². The smallest absolute Gasteiger partial charge is 0.236 e. The maximum absolute atomic E-state index is 11.5. The third-order valence-electron chi connectivity index (χ3n) is 2.78. The molecular formula is C13H19Cl2N5O. The van der Waals surface area contributed by atoms with Crippen molar-refractivity contribution in [2.75, 3.05) is 0 Å². The standard InChI is InChI=1S/C13H17N5O.2ClH/c1-10(14)13(19)16-6-11-4-2-3-5-12(11)7-18-9-15-8-17-18;;/h2-5,8-10H,6-7,14H2,1H3,(H,16,19);2*1H/t10-;;/m0../s1. The van der Waals surface area contributed by atoms with Crippen LogP contribution in [-0.4, -0.2) is 26.7 Å². The van der Waals surface area contributed by atoms with Crippen LogP contribution < -0.4 is 11.1 Å². The third-order valence-corrected chi connectivity index (χ3v) is 2.78. The highest BCUT2D eigenvalue weighted by Gasteiger charge is 2.08. The Bertz CT molecular complexity index is 545. The van der Waals surface area contributed by atoms with Crippen molar-refractivity contribution in [3.05, 3.63) is 48.0 Å². The monoisotopic (exact) mass is 331 g/mol. The Morgan fingerprint density at radius 3 is 2.57 bits per heavy atom. The first-order valence-electron chi connectivity index (χ1n) is 6.09. The molecule has 1 aromatic carbocycles. The summed E-state index contributed by atoms with van der Waals surface area (Å²) >= 11 is 0. The second kappa shape index (κ2) is 9.33. The second-order valence-corrected chi connectivity index (χ2v) is 4.37. The molecule has 21 heavy (non-hydrogen) atoms. The average molecular weight is 332 g/mol. The quantitative estimate of drug-likeness (QED) is 0.860.